The summed E-state index contributed by atoms with van der Waals surface area (Å²) in [4.78, 5) is 31.6. The van der Waals surface area contributed by atoms with Crippen LogP contribution in [-0.2, 0) is 4.79 Å². The molecule has 1 aromatic heterocycles. The van der Waals surface area contributed by atoms with Crippen molar-refractivity contribution in [1.82, 2.24) is 24.5 Å². The maximum atomic E-state index is 13.3. The summed E-state index contributed by atoms with van der Waals surface area (Å²) in [6.07, 6.45) is 3.81. The Bertz CT molecular complexity index is 926. The van der Waals surface area contributed by atoms with Gasteiger partial charge in [-0.15, -0.1) is 0 Å². The van der Waals surface area contributed by atoms with E-state index in [0.29, 0.717) is 38.3 Å². The topological polar surface area (TPSA) is 61.7 Å². The summed E-state index contributed by atoms with van der Waals surface area (Å²) < 4.78 is 15.0. The number of rotatable bonds is 5. The number of amides is 2. The van der Waals surface area contributed by atoms with Crippen LogP contribution < -0.4 is 0 Å². The van der Waals surface area contributed by atoms with Crippen LogP contribution in [0.15, 0.2) is 30.5 Å². The minimum Gasteiger partial charge on any atom is -0.342 e. The fourth-order valence-corrected chi connectivity index (χ4v) is 4.40. The maximum Gasteiger partial charge on any atom is 0.257 e. The third kappa shape index (κ3) is 4.63. The maximum absolute atomic E-state index is 13.3. The molecule has 0 spiro atoms. The van der Waals surface area contributed by atoms with Crippen molar-refractivity contribution in [1.29, 1.82) is 0 Å². The molecule has 0 unspecified atom stereocenters. The van der Waals surface area contributed by atoms with Crippen LogP contribution in [0, 0.1) is 5.82 Å². The molecule has 2 aliphatic heterocycles. The number of carbonyl (C=O) groups excluding carboxylic acids is 2. The van der Waals surface area contributed by atoms with Gasteiger partial charge in [-0.2, -0.15) is 5.10 Å². The van der Waals surface area contributed by atoms with Crippen molar-refractivity contribution < 1.29 is 14.0 Å². The lowest BCUT2D eigenvalue weighted by Gasteiger charge is -2.35. The summed E-state index contributed by atoms with van der Waals surface area (Å²) in [7, 11) is 0. The molecule has 3 heterocycles. The molecule has 0 saturated carbocycles. The van der Waals surface area contributed by atoms with Gasteiger partial charge in [0.05, 0.1) is 29.7 Å². The zero-order chi connectivity index (χ0) is 22.0. The third-order valence-electron chi connectivity index (χ3n) is 6.13. The Balaban J connectivity index is 1.43. The van der Waals surface area contributed by atoms with E-state index in [2.05, 4.69) is 10.00 Å². The van der Waals surface area contributed by atoms with Gasteiger partial charge in [0.15, 0.2) is 0 Å². The number of hydrogen-bond donors (Lipinski definition) is 0. The average Bonchev–Trinajstić information content (AvgIpc) is 3.45. The highest BCUT2D eigenvalue weighted by molar-refractivity contribution is 5.95. The first kappa shape index (κ1) is 21.5. The summed E-state index contributed by atoms with van der Waals surface area (Å²) in [6.45, 7) is 8.77. The van der Waals surface area contributed by atoms with Gasteiger partial charge in [0.1, 0.15) is 5.82 Å². The predicted molar refractivity (Wildman–Crippen MR) is 116 cm³/mol. The number of piperazine rings is 1. The largest absolute Gasteiger partial charge is 0.342 e. The second-order valence-corrected chi connectivity index (χ2v) is 8.64. The molecule has 2 saturated heterocycles. The van der Waals surface area contributed by atoms with E-state index in [1.54, 1.807) is 23.0 Å². The Labute approximate surface area is 182 Å². The quantitative estimate of drug-likeness (QED) is 0.736. The minimum absolute atomic E-state index is 0.0393. The lowest BCUT2D eigenvalue weighted by Crippen LogP contribution is -2.51. The normalized spacial score (nSPS) is 17.5. The number of likely N-dealkylation sites (tertiary alicyclic amines) is 1. The van der Waals surface area contributed by atoms with E-state index in [-0.39, 0.29) is 23.5 Å². The average molecular weight is 428 g/mol. The summed E-state index contributed by atoms with van der Waals surface area (Å²) in [5.41, 5.74) is 2.14. The molecular weight excluding hydrogens is 397 g/mol. The SMILES string of the molecule is CC(C)c1c(C(=O)N2CCN(CC(=O)N3CCCC3)CC2)cnn1-c1ccc(F)cc1. The molecule has 2 aliphatic rings. The van der Waals surface area contributed by atoms with E-state index in [9.17, 15) is 14.0 Å². The van der Waals surface area contributed by atoms with Crippen LogP contribution in [-0.4, -0.2) is 82.1 Å². The van der Waals surface area contributed by atoms with Crippen LogP contribution >= 0.6 is 0 Å². The molecule has 2 aromatic rings. The van der Waals surface area contributed by atoms with Crippen LogP contribution in [0.25, 0.3) is 5.69 Å². The Morgan fingerprint density at radius 2 is 1.61 bits per heavy atom. The Morgan fingerprint density at radius 3 is 2.23 bits per heavy atom. The van der Waals surface area contributed by atoms with Gasteiger partial charge >= 0.3 is 0 Å². The lowest BCUT2D eigenvalue weighted by atomic mass is 10.0. The number of halogens is 1. The summed E-state index contributed by atoms with van der Waals surface area (Å²) in [6, 6.07) is 6.12. The van der Waals surface area contributed by atoms with Gasteiger partial charge in [0.25, 0.3) is 5.91 Å². The molecule has 4 rings (SSSR count). The van der Waals surface area contributed by atoms with Crippen molar-refractivity contribution in [2.75, 3.05) is 45.8 Å². The lowest BCUT2D eigenvalue weighted by molar-refractivity contribution is -0.131. The van der Waals surface area contributed by atoms with Crippen LogP contribution in [0.4, 0.5) is 4.39 Å². The number of aromatic nitrogens is 2. The zero-order valence-corrected chi connectivity index (χ0v) is 18.3. The number of hydrogen-bond acceptors (Lipinski definition) is 4. The first-order valence-electron chi connectivity index (χ1n) is 11.1. The first-order valence-corrected chi connectivity index (χ1v) is 11.1. The molecule has 2 amide bonds. The van der Waals surface area contributed by atoms with Crippen LogP contribution in [0.3, 0.4) is 0 Å². The van der Waals surface area contributed by atoms with Crippen LogP contribution in [0.1, 0.15) is 48.7 Å². The fraction of sp³-hybridized carbons (Fsp3) is 0.522. The van der Waals surface area contributed by atoms with E-state index >= 15 is 0 Å². The van der Waals surface area contributed by atoms with Crippen molar-refractivity contribution in [3.8, 4) is 5.69 Å². The standard InChI is InChI=1S/C23H30FN5O2/c1-17(2)22-20(15-25-29(22)19-7-5-18(24)6-8-19)23(31)28-13-11-26(12-14-28)16-21(30)27-9-3-4-10-27/h5-8,15,17H,3-4,9-14,16H2,1-2H3. The van der Waals surface area contributed by atoms with Crippen molar-refractivity contribution in [2.24, 2.45) is 0 Å². The molecule has 7 nitrogen and oxygen atoms in total. The highest BCUT2D eigenvalue weighted by Gasteiger charge is 2.29. The molecular formula is C23H30FN5O2. The van der Waals surface area contributed by atoms with E-state index in [0.717, 1.165) is 37.3 Å². The smallest absolute Gasteiger partial charge is 0.257 e. The highest BCUT2D eigenvalue weighted by Crippen LogP contribution is 2.25. The monoisotopic (exact) mass is 427 g/mol. The second kappa shape index (κ2) is 9.18. The van der Waals surface area contributed by atoms with E-state index < -0.39 is 0 Å². The van der Waals surface area contributed by atoms with E-state index in [1.807, 2.05) is 23.6 Å². The molecule has 1 aromatic carbocycles. The molecule has 31 heavy (non-hydrogen) atoms. The van der Waals surface area contributed by atoms with Gasteiger partial charge in [-0.3, -0.25) is 14.5 Å². The number of carbonyl (C=O) groups is 2. The first-order chi connectivity index (χ1) is 14.9. The molecule has 2 fully saturated rings. The fourth-order valence-electron chi connectivity index (χ4n) is 4.40. The van der Waals surface area contributed by atoms with Gasteiger partial charge in [0, 0.05) is 39.3 Å². The minimum atomic E-state index is -0.306. The van der Waals surface area contributed by atoms with Crippen molar-refractivity contribution >= 4 is 11.8 Å². The van der Waals surface area contributed by atoms with Crippen LogP contribution in [0.5, 0.6) is 0 Å². The number of benzene rings is 1. The number of nitrogens with zero attached hydrogens (tertiary/aromatic N) is 5. The van der Waals surface area contributed by atoms with Gasteiger partial charge in [0.2, 0.25) is 5.91 Å². The van der Waals surface area contributed by atoms with Crippen molar-refractivity contribution in [3.63, 3.8) is 0 Å². The molecule has 0 radical (unpaired) electrons. The molecule has 0 atom stereocenters. The predicted octanol–water partition coefficient (Wildman–Crippen LogP) is 2.52. The zero-order valence-electron chi connectivity index (χ0n) is 18.3. The summed E-state index contributed by atoms with van der Waals surface area (Å²) in [5.74, 6) is -0.0761. The highest BCUT2D eigenvalue weighted by atomic mass is 19.1. The van der Waals surface area contributed by atoms with Gasteiger partial charge in [-0.25, -0.2) is 9.07 Å². The Hall–Kier alpha value is -2.74. The molecule has 166 valence electrons. The van der Waals surface area contributed by atoms with Crippen LogP contribution in [0.2, 0.25) is 0 Å². The molecule has 8 heteroatoms. The summed E-state index contributed by atoms with van der Waals surface area (Å²) >= 11 is 0. The van der Waals surface area contributed by atoms with Gasteiger partial charge in [-0.1, -0.05) is 13.8 Å². The molecule has 0 N–H and O–H groups in total. The van der Waals surface area contributed by atoms with Gasteiger partial charge < -0.3 is 9.80 Å². The van der Waals surface area contributed by atoms with Crippen molar-refractivity contribution in [2.45, 2.75) is 32.6 Å². The molecule has 0 bridgehead atoms. The van der Waals surface area contributed by atoms with E-state index in [1.165, 1.54) is 12.1 Å². The van der Waals surface area contributed by atoms with Crippen molar-refractivity contribution in [3.05, 3.63) is 47.5 Å². The summed E-state index contributed by atoms with van der Waals surface area (Å²) in [5, 5.41) is 4.44. The van der Waals surface area contributed by atoms with Gasteiger partial charge in [-0.05, 0) is 43.0 Å². The third-order valence-corrected chi connectivity index (χ3v) is 6.13. The Morgan fingerprint density at radius 1 is 0.968 bits per heavy atom. The Kier molecular flexibility index (Phi) is 6.36. The molecule has 0 aliphatic carbocycles. The second-order valence-electron chi connectivity index (χ2n) is 8.64. The van der Waals surface area contributed by atoms with E-state index in [4.69, 9.17) is 0 Å².